The van der Waals surface area contributed by atoms with Gasteiger partial charge in [-0.15, -0.1) is 0 Å². The summed E-state index contributed by atoms with van der Waals surface area (Å²) in [5, 5.41) is 24.3. The van der Waals surface area contributed by atoms with Gasteiger partial charge in [-0.1, -0.05) is 75.4 Å². The lowest BCUT2D eigenvalue weighted by Gasteiger charge is -2.54. The van der Waals surface area contributed by atoms with Gasteiger partial charge in [0.2, 0.25) is 0 Å². The van der Waals surface area contributed by atoms with E-state index >= 15 is 0 Å². The smallest absolute Gasteiger partial charge is 0.318 e. The van der Waals surface area contributed by atoms with Crippen molar-refractivity contribution in [3.05, 3.63) is 94.5 Å². The Hall–Kier alpha value is -3.15. The first-order chi connectivity index (χ1) is 15.6. The van der Waals surface area contributed by atoms with Gasteiger partial charge in [-0.05, 0) is 45.4 Å². The van der Waals surface area contributed by atoms with Gasteiger partial charge in [0.25, 0.3) is 0 Å². The summed E-state index contributed by atoms with van der Waals surface area (Å²) < 4.78 is 11.0. The van der Waals surface area contributed by atoms with E-state index in [9.17, 15) is 15.0 Å². The van der Waals surface area contributed by atoms with Crippen LogP contribution in [0.25, 0.3) is 0 Å². The van der Waals surface area contributed by atoms with Crippen molar-refractivity contribution in [2.24, 2.45) is 5.92 Å². The number of fused-ring (bicyclic) bond motifs is 1. The summed E-state index contributed by atoms with van der Waals surface area (Å²) in [5.41, 5.74) is 0.253. The van der Waals surface area contributed by atoms with Gasteiger partial charge in [0.1, 0.15) is 11.2 Å². The monoisotopic (exact) mass is 444 g/mol. The molecule has 5 nitrogen and oxygen atoms in total. The number of para-hydroxylation sites is 2. The van der Waals surface area contributed by atoms with Crippen molar-refractivity contribution < 1.29 is 24.5 Å². The van der Waals surface area contributed by atoms with E-state index in [0.717, 1.165) is 5.56 Å². The number of ether oxygens (including phenoxy) is 2. The van der Waals surface area contributed by atoms with Crippen LogP contribution in [0.5, 0.6) is 11.5 Å². The zero-order chi connectivity index (χ0) is 23.6. The SMILES string of the molecule is COc1ccccc1OC(=O)C1CC2(O)c3ccccc3C1(O)c1ccc(C(C)(C)C)cc12. The first kappa shape index (κ1) is 21.7. The van der Waals surface area contributed by atoms with Gasteiger partial charge >= 0.3 is 5.97 Å². The van der Waals surface area contributed by atoms with Crippen LogP contribution in [0, 0.1) is 5.92 Å². The number of methoxy groups -OCH3 is 1. The van der Waals surface area contributed by atoms with Gasteiger partial charge in [0, 0.05) is 6.42 Å². The zero-order valence-electron chi connectivity index (χ0n) is 19.3. The van der Waals surface area contributed by atoms with E-state index in [1.165, 1.54) is 7.11 Å². The minimum Gasteiger partial charge on any atom is -0.493 e. The molecule has 0 radical (unpaired) electrons. The largest absolute Gasteiger partial charge is 0.493 e. The highest BCUT2D eigenvalue weighted by Gasteiger charge is 2.62. The number of rotatable bonds is 3. The summed E-state index contributed by atoms with van der Waals surface area (Å²) in [6.07, 6.45) is 0.0229. The molecule has 2 N–H and O–H groups in total. The Morgan fingerprint density at radius 3 is 2.15 bits per heavy atom. The second-order valence-electron chi connectivity index (χ2n) is 10.0. The number of carbonyl (C=O) groups is 1. The first-order valence-corrected chi connectivity index (χ1v) is 11.2. The van der Waals surface area contributed by atoms with Gasteiger partial charge in [0.15, 0.2) is 11.5 Å². The van der Waals surface area contributed by atoms with Gasteiger partial charge in [-0.3, -0.25) is 4.79 Å². The van der Waals surface area contributed by atoms with E-state index in [1.807, 2.05) is 36.4 Å². The van der Waals surface area contributed by atoms with Crippen LogP contribution in [-0.4, -0.2) is 23.3 Å². The summed E-state index contributed by atoms with van der Waals surface area (Å²) in [7, 11) is 1.50. The van der Waals surface area contributed by atoms with E-state index in [4.69, 9.17) is 9.47 Å². The fraction of sp³-hybridized carbons (Fsp3) is 0.321. The molecule has 2 bridgehead atoms. The van der Waals surface area contributed by atoms with Crippen molar-refractivity contribution in [2.45, 2.75) is 43.8 Å². The lowest BCUT2D eigenvalue weighted by Crippen LogP contribution is -2.57. The van der Waals surface area contributed by atoms with Gasteiger partial charge in [-0.25, -0.2) is 0 Å². The van der Waals surface area contributed by atoms with Crippen LogP contribution >= 0.6 is 0 Å². The van der Waals surface area contributed by atoms with E-state index in [-0.39, 0.29) is 17.6 Å². The van der Waals surface area contributed by atoms with Crippen LogP contribution in [0.3, 0.4) is 0 Å². The third kappa shape index (κ3) is 3.03. The standard InChI is InChI=1S/C28H28O5/c1-26(2,3)17-13-14-20-21(15-17)27(30)16-22(28(20,31)19-10-6-5-9-18(19)27)25(29)33-24-12-8-7-11-23(24)32-4/h5-15,22,30-31H,16H2,1-4H3. The molecule has 3 atom stereocenters. The normalized spacial score (nSPS) is 25.2. The molecule has 170 valence electrons. The first-order valence-electron chi connectivity index (χ1n) is 11.2. The third-order valence-electron chi connectivity index (χ3n) is 7.09. The van der Waals surface area contributed by atoms with Crippen molar-refractivity contribution in [1.82, 2.24) is 0 Å². The highest BCUT2D eigenvalue weighted by molar-refractivity contribution is 5.81. The Kier molecular flexibility index (Phi) is 4.71. The van der Waals surface area contributed by atoms with E-state index in [1.54, 1.807) is 30.3 Å². The average Bonchev–Trinajstić information content (AvgIpc) is 2.80. The quantitative estimate of drug-likeness (QED) is 0.463. The second kappa shape index (κ2) is 7.17. The molecule has 0 fully saturated rings. The predicted molar refractivity (Wildman–Crippen MR) is 124 cm³/mol. The van der Waals surface area contributed by atoms with Crippen LogP contribution in [0.2, 0.25) is 0 Å². The molecule has 3 aliphatic rings. The molecule has 3 aromatic carbocycles. The highest BCUT2D eigenvalue weighted by atomic mass is 16.6. The van der Waals surface area contributed by atoms with Crippen molar-refractivity contribution in [3.63, 3.8) is 0 Å². The Morgan fingerprint density at radius 1 is 0.879 bits per heavy atom. The Labute approximate surface area is 193 Å². The fourth-order valence-electron chi connectivity index (χ4n) is 5.33. The molecular formula is C28H28O5. The van der Waals surface area contributed by atoms with Crippen LogP contribution in [0.15, 0.2) is 66.7 Å². The molecule has 0 saturated heterocycles. The molecule has 0 amide bonds. The van der Waals surface area contributed by atoms with Crippen LogP contribution in [0.1, 0.15) is 55.0 Å². The van der Waals surface area contributed by atoms with E-state index < -0.39 is 23.1 Å². The van der Waals surface area contributed by atoms with Crippen molar-refractivity contribution in [3.8, 4) is 11.5 Å². The molecule has 5 heteroatoms. The lowest BCUT2D eigenvalue weighted by molar-refractivity contribution is -0.157. The van der Waals surface area contributed by atoms with Gasteiger partial charge in [-0.2, -0.15) is 0 Å². The zero-order valence-corrected chi connectivity index (χ0v) is 19.3. The summed E-state index contributed by atoms with van der Waals surface area (Å²) in [6.45, 7) is 6.32. The Balaban J connectivity index is 1.67. The minimum atomic E-state index is -1.62. The average molecular weight is 445 g/mol. The number of benzene rings is 3. The Morgan fingerprint density at radius 2 is 1.48 bits per heavy atom. The Bertz CT molecular complexity index is 1260. The predicted octanol–water partition coefficient (Wildman–Crippen LogP) is 4.40. The summed E-state index contributed by atoms with van der Waals surface area (Å²) in [4.78, 5) is 13.5. The summed E-state index contributed by atoms with van der Waals surface area (Å²) in [6, 6.07) is 19.9. The topological polar surface area (TPSA) is 76.0 Å². The molecule has 0 aliphatic heterocycles. The maximum Gasteiger partial charge on any atom is 0.318 e. The van der Waals surface area contributed by atoms with Crippen molar-refractivity contribution in [1.29, 1.82) is 0 Å². The second-order valence-corrected chi connectivity index (χ2v) is 10.0. The molecule has 3 aliphatic carbocycles. The third-order valence-corrected chi connectivity index (χ3v) is 7.09. The number of hydrogen-bond donors (Lipinski definition) is 2. The molecular weight excluding hydrogens is 416 g/mol. The molecule has 3 aromatic rings. The fourth-order valence-corrected chi connectivity index (χ4v) is 5.33. The number of carbonyl (C=O) groups excluding carboxylic acids is 1. The maximum atomic E-state index is 13.5. The van der Waals surface area contributed by atoms with Crippen LogP contribution in [-0.2, 0) is 21.4 Å². The molecule has 3 unspecified atom stereocenters. The van der Waals surface area contributed by atoms with E-state index in [2.05, 4.69) is 20.8 Å². The number of esters is 1. The molecule has 0 heterocycles. The maximum absolute atomic E-state index is 13.5. The number of aliphatic hydroxyl groups is 2. The molecule has 0 saturated carbocycles. The molecule has 0 spiro atoms. The van der Waals surface area contributed by atoms with E-state index in [0.29, 0.717) is 28.0 Å². The molecule has 0 aromatic heterocycles. The molecule has 6 rings (SSSR count). The summed E-state index contributed by atoms with van der Waals surface area (Å²) >= 11 is 0. The molecule has 33 heavy (non-hydrogen) atoms. The lowest BCUT2D eigenvalue weighted by atomic mass is 9.54. The van der Waals surface area contributed by atoms with Crippen LogP contribution in [0.4, 0.5) is 0 Å². The van der Waals surface area contributed by atoms with Crippen molar-refractivity contribution >= 4 is 5.97 Å². The van der Waals surface area contributed by atoms with Crippen LogP contribution < -0.4 is 9.47 Å². The van der Waals surface area contributed by atoms with Gasteiger partial charge in [0.05, 0.1) is 13.0 Å². The van der Waals surface area contributed by atoms with Gasteiger partial charge < -0.3 is 19.7 Å². The summed E-state index contributed by atoms with van der Waals surface area (Å²) in [5.74, 6) is -0.900. The highest BCUT2D eigenvalue weighted by Crippen LogP contribution is 2.60. The number of hydrogen-bond acceptors (Lipinski definition) is 5. The minimum absolute atomic E-state index is 0.0229. The van der Waals surface area contributed by atoms with Crippen molar-refractivity contribution in [2.75, 3.05) is 7.11 Å².